The third kappa shape index (κ3) is 3.65. The van der Waals surface area contributed by atoms with Crippen LogP contribution in [0.1, 0.15) is 52.4 Å². The first kappa shape index (κ1) is 16.3. The standard InChI is InChI=1S/C18H33N3O/c1-18(2)7-4-3-5-15(18)13-17(22)21-10-6-16(14-21)20-11-8-19-9-12-20/h15-16,19H,3-14H2,1-2H3. The topological polar surface area (TPSA) is 35.6 Å². The van der Waals surface area contributed by atoms with E-state index >= 15 is 0 Å². The third-order valence-corrected chi connectivity index (χ3v) is 6.33. The Morgan fingerprint density at radius 2 is 1.91 bits per heavy atom. The van der Waals surface area contributed by atoms with E-state index in [1.165, 1.54) is 32.1 Å². The maximum absolute atomic E-state index is 12.7. The molecule has 2 aliphatic heterocycles. The predicted molar refractivity (Wildman–Crippen MR) is 89.8 cm³/mol. The number of hydrogen-bond acceptors (Lipinski definition) is 3. The summed E-state index contributed by atoms with van der Waals surface area (Å²) in [7, 11) is 0. The molecule has 4 nitrogen and oxygen atoms in total. The summed E-state index contributed by atoms with van der Waals surface area (Å²) in [6, 6.07) is 0.602. The lowest BCUT2D eigenvalue weighted by molar-refractivity contribution is -0.132. The van der Waals surface area contributed by atoms with Gasteiger partial charge < -0.3 is 10.2 Å². The van der Waals surface area contributed by atoms with Gasteiger partial charge in [-0.15, -0.1) is 0 Å². The van der Waals surface area contributed by atoms with Gasteiger partial charge in [-0.05, 0) is 30.6 Å². The van der Waals surface area contributed by atoms with Crippen molar-refractivity contribution in [2.75, 3.05) is 39.3 Å². The third-order valence-electron chi connectivity index (χ3n) is 6.33. The molecular formula is C18H33N3O. The Balaban J connectivity index is 1.50. The minimum absolute atomic E-state index is 0.353. The second kappa shape index (κ2) is 6.88. The summed E-state index contributed by atoms with van der Waals surface area (Å²) >= 11 is 0. The van der Waals surface area contributed by atoms with Crippen molar-refractivity contribution in [3.05, 3.63) is 0 Å². The van der Waals surface area contributed by atoms with Crippen LogP contribution in [-0.2, 0) is 4.79 Å². The van der Waals surface area contributed by atoms with Gasteiger partial charge in [0.2, 0.25) is 5.91 Å². The molecule has 22 heavy (non-hydrogen) atoms. The summed E-state index contributed by atoms with van der Waals surface area (Å²) in [6.07, 6.45) is 7.13. The van der Waals surface area contributed by atoms with Gasteiger partial charge in [0.05, 0.1) is 0 Å². The van der Waals surface area contributed by atoms with Crippen LogP contribution in [0.4, 0.5) is 0 Å². The fraction of sp³-hybridized carbons (Fsp3) is 0.944. The fourth-order valence-electron chi connectivity index (χ4n) is 4.60. The van der Waals surface area contributed by atoms with Gasteiger partial charge in [-0.25, -0.2) is 0 Å². The molecule has 126 valence electrons. The van der Waals surface area contributed by atoms with E-state index in [1.807, 2.05) is 0 Å². The van der Waals surface area contributed by atoms with Crippen LogP contribution in [0, 0.1) is 11.3 Å². The number of piperazine rings is 1. The number of nitrogens with one attached hydrogen (secondary N) is 1. The Morgan fingerprint density at radius 3 is 2.64 bits per heavy atom. The Labute approximate surface area is 135 Å². The molecule has 3 aliphatic rings. The second-order valence-corrected chi connectivity index (χ2v) is 8.20. The van der Waals surface area contributed by atoms with Crippen molar-refractivity contribution in [2.45, 2.75) is 58.4 Å². The molecule has 0 spiro atoms. The highest BCUT2D eigenvalue weighted by Gasteiger charge is 2.36. The molecule has 0 aromatic carbocycles. The van der Waals surface area contributed by atoms with Gasteiger partial charge >= 0.3 is 0 Å². The molecule has 1 aliphatic carbocycles. The molecule has 1 saturated carbocycles. The highest BCUT2D eigenvalue weighted by Crippen LogP contribution is 2.42. The minimum atomic E-state index is 0.353. The number of carbonyl (C=O) groups excluding carboxylic acids is 1. The molecule has 2 saturated heterocycles. The van der Waals surface area contributed by atoms with Gasteiger partial charge in [-0.2, -0.15) is 0 Å². The van der Waals surface area contributed by atoms with Crippen LogP contribution in [0.25, 0.3) is 0 Å². The van der Waals surface area contributed by atoms with Crippen molar-refractivity contribution in [3.8, 4) is 0 Å². The van der Waals surface area contributed by atoms with Crippen molar-refractivity contribution >= 4 is 5.91 Å². The monoisotopic (exact) mass is 307 g/mol. The van der Waals surface area contributed by atoms with Gasteiger partial charge in [0, 0.05) is 51.7 Å². The van der Waals surface area contributed by atoms with Crippen LogP contribution in [-0.4, -0.2) is 61.0 Å². The van der Waals surface area contributed by atoms with Crippen molar-refractivity contribution in [1.82, 2.24) is 15.1 Å². The number of rotatable bonds is 3. The summed E-state index contributed by atoms with van der Waals surface area (Å²) in [4.78, 5) is 17.5. The summed E-state index contributed by atoms with van der Waals surface area (Å²) in [6.45, 7) is 11.1. The van der Waals surface area contributed by atoms with Crippen molar-refractivity contribution < 1.29 is 4.79 Å². The first-order valence-electron chi connectivity index (χ1n) is 9.29. The zero-order chi connectivity index (χ0) is 15.6. The van der Waals surface area contributed by atoms with E-state index in [0.29, 0.717) is 23.3 Å². The maximum atomic E-state index is 12.7. The van der Waals surface area contributed by atoms with Crippen molar-refractivity contribution in [3.63, 3.8) is 0 Å². The van der Waals surface area contributed by atoms with E-state index in [1.54, 1.807) is 0 Å². The fourth-order valence-corrected chi connectivity index (χ4v) is 4.60. The lowest BCUT2D eigenvalue weighted by atomic mass is 9.67. The highest BCUT2D eigenvalue weighted by molar-refractivity contribution is 5.77. The first-order chi connectivity index (χ1) is 10.6. The Kier molecular flexibility index (Phi) is 5.08. The van der Waals surface area contributed by atoms with Gasteiger partial charge in [0.25, 0.3) is 0 Å². The summed E-state index contributed by atoms with van der Waals surface area (Å²) in [5.41, 5.74) is 0.353. The molecule has 0 bridgehead atoms. The Bertz CT molecular complexity index is 390. The normalized spacial score (nSPS) is 33.1. The van der Waals surface area contributed by atoms with E-state index in [0.717, 1.165) is 45.7 Å². The van der Waals surface area contributed by atoms with Crippen LogP contribution in [0.5, 0.6) is 0 Å². The molecule has 2 heterocycles. The number of nitrogens with zero attached hydrogens (tertiary/aromatic N) is 2. The first-order valence-corrected chi connectivity index (χ1v) is 9.29. The SMILES string of the molecule is CC1(C)CCCCC1CC(=O)N1CCC(N2CCNCC2)C1. The van der Waals surface area contributed by atoms with E-state index in [-0.39, 0.29) is 0 Å². The average Bonchev–Trinajstić information content (AvgIpc) is 3.00. The molecule has 2 atom stereocenters. The number of hydrogen-bond donors (Lipinski definition) is 1. The molecule has 1 N–H and O–H groups in total. The van der Waals surface area contributed by atoms with Crippen molar-refractivity contribution in [1.29, 1.82) is 0 Å². The molecule has 3 fully saturated rings. The molecule has 2 unspecified atom stereocenters. The molecule has 0 aromatic heterocycles. The van der Waals surface area contributed by atoms with Gasteiger partial charge in [-0.3, -0.25) is 9.69 Å². The molecule has 0 radical (unpaired) electrons. The summed E-state index contributed by atoms with van der Waals surface area (Å²) < 4.78 is 0. The predicted octanol–water partition coefficient (Wildman–Crippen LogP) is 2.10. The number of carbonyl (C=O) groups is 1. The summed E-state index contributed by atoms with van der Waals surface area (Å²) in [5.74, 6) is 1.00. The van der Waals surface area contributed by atoms with E-state index in [2.05, 4.69) is 29.0 Å². The van der Waals surface area contributed by atoms with E-state index in [9.17, 15) is 4.79 Å². The largest absolute Gasteiger partial charge is 0.341 e. The van der Waals surface area contributed by atoms with Crippen molar-refractivity contribution in [2.24, 2.45) is 11.3 Å². The maximum Gasteiger partial charge on any atom is 0.222 e. The summed E-state index contributed by atoms with van der Waals surface area (Å²) in [5, 5.41) is 3.41. The number of amides is 1. The molecule has 1 amide bonds. The zero-order valence-corrected chi connectivity index (χ0v) is 14.4. The van der Waals surface area contributed by atoms with Crippen LogP contribution in [0.2, 0.25) is 0 Å². The number of likely N-dealkylation sites (tertiary alicyclic amines) is 1. The van der Waals surface area contributed by atoms with E-state index in [4.69, 9.17) is 0 Å². The van der Waals surface area contributed by atoms with Gasteiger partial charge in [0.1, 0.15) is 0 Å². The van der Waals surface area contributed by atoms with Crippen LogP contribution < -0.4 is 5.32 Å². The highest BCUT2D eigenvalue weighted by atomic mass is 16.2. The zero-order valence-electron chi connectivity index (χ0n) is 14.4. The Morgan fingerprint density at radius 1 is 1.14 bits per heavy atom. The second-order valence-electron chi connectivity index (χ2n) is 8.20. The van der Waals surface area contributed by atoms with Gasteiger partial charge in [0.15, 0.2) is 0 Å². The molecular weight excluding hydrogens is 274 g/mol. The average molecular weight is 307 g/mol. The molecule has 0 aromatic rings. The Hall–Kier alpha value is -0.610. The quantitative estimate of drug-likeness (QED) is 0.867. The smallest absolute Gasteiger partial charge is 0.222 e. The lowest BCUT2D eigenvalue weighted by Gasteiger charge is -2.39. The van der Waals surface area contributed by atoms with Gasteiger partial charge in [-0.1, -0.05) is 26.7 Å². The molecule has 4 heteroatoms. The minimum Gasteiger partial charge on any atom is -0.341 e. The van der Waals surface area contributed by atoms with Crippen LogP contribution in [0.3, 0.4) is 0 Å². The van der Waals surface area contributed by atoms with E-state index < -0.39 is 0 Å². The lowest BCUT2D eigenvalue weighted by Crippen LogP contribution is -2.49. The van der Waals surface area contributed by atoms with Crippen LogP contribution >= 0.6 is 0 Å². The van der Waals surface area contributed by atoms with Crippen LogP contribution in [0.15, 0.2) is 0 Å². The molecule has 3 rings (SSSR count).